The van der Waals surface area contributed by atoms with Crippen molar-refractivity contribution in [1.29, 1.82) is 0 Å². The Kier molecular flexibility index (Phi) is 5.69. The summed E-state index contributed by atoms with van der Waals surface area (Å²) >= 11 is 0. The van der Waals surface area contributed by atoms with Crippen LogP contribution in [0.4, 0.5) is 18.9 Å². The van der Waals surface area contributed by atoms with E-state index in [9.17, 15) is 22.8 Å². The molecule has 4 rings (SSSR count). The third-order valence-corrected chi connectivity index (χ3v) is 5.00. The Morgan fingerprint density at radius 3 is 2.35 bits per heavy atom. The highest BCUT2D eigenvalue weighted by molar-refractivity contribution is 6.11. The van der Waals surface area contributed by atoms with E-state index in [4.69, 9.17) is 9.15 Å². The summed E-state index contributed by atoms with van der Waals surface area (Å²) in [6.07, 6.45) is -4.59. The standard InChI is InChI=1S/C22H19F3N2O4/c23-22(24,25)15-7-5-14(6-8-15)13-18(28)26-19-16-3-1-2-4-17(16)31-20(19)21(29)27-9-11-30-12-10-27/h1-8H,9-13H2,(H,26,28). The first-order valence-electron chi connectivity index (χ1n) is 9.67. The number of furan rings is 1. The average molecular weight is 432 g/mol. The van der Waals surface area contributed by atoms with Crippen molar-refractivity contribution in [3.63, 3.8) is 0 Å². The number of fused-ring (bicyclic) bond motifs is 1. The van der Waals surface area contributed by atoms with Crippen LogP contribution in [0.25, 0.3) is 11.0 Å². The molecule has 162 valence electrons. The van der Waals surface area contributed by atoms with Crippen LogP contribution >= 0.6 is 0 Å². The lowest BCUT2D eigenvalue weighted by atomic mass is 10.1. The molecule has 2 aromatic carbocycles. The lowest BCUT2D eigenvalue weighted by molar-refractivity contribution is -0.137. The second-order valence-corrected chi connectivity index (χ2v) is 7.13. The number of nitrogens with zero attached hydrogens (tertiary/aromatic N) is 1. The third kappa shape index (κ3) is 4.56. The molecule has 0 radical (unpaired) electrons. The van der Waals surface area contributed by atoms with Gasteiger partial charge in [-0.25, -0.2) is 0 Å². The minimum absolute atomic E-state index is 0.0175. The fraction of sp³-hybridized carbons (Fsp3) is 0.273. The molecule has 1 N–H and O–H groups in total. The van der Waals surface area contributed by atoms with Crippen LogP contribution in [-0.4, -0.2) is 43.0 Å². The van der Waals surface area contributed by atoms with Crippen LogP contribution < -0.4 is 5.32 Å². The Balaban J connectivity index is 1.57. The van der Waals surface area contributed by atoms with Gasteiger partial charge in [0, 0.05) is 18.5 Å². The zero-order valence-electron chi connectivity index (χ0n) is 16.4. The number of carbonyl (C=O) groups is 2. The number of benzene rings is 2. The molecule has 1 aromatic heterocycles. The smallest absolute Gasteiger partial charge is 0.416 e. The van der Waals surface area contributed by atoms with Gasteiger partial charge in [0.2, 0.25) is 11.7 Å². The van der Waals surface area contributed by atoms with Gasteiger partial charge in [-0.3, -0.25) is 9.59 Å². The lowest BCUT2D eigenvalue weighted by Gasteiger charge is -2.26. The highest BCUT2D eigenvalue weighted by atomic mass is 19.4. The molecule has 0 spiro atoms. The number of anilines is 1. The summed E-state index contributed by atoms with van der Waals surface area (Å²) in [5.41, 5.74) is 0.336. The minimum Gasteiger partial charge on any atom is -0.449 e. The molecule has 1 aliphatic heterocycles. The molecule has 0 atom stereocenters. The number of carbonyl (C=O) groups excluding carboxylic acids is 2. The number of hydrogen-bond acceptors (Lipinski definition) is 4. The van der Waals surface area contributed by atoms with E-state index in [1.165, 1.54) is 12.1 Å². The molecule has 1 fully saturated rings. The van der Waals surface area contributed by atoms with Gasteiger partial charge in [0.25, 0.3) is 5.91 Å². The van der Waals surface area contributed by atoms with E-state index in [1.54, 1.807) is 29.2 Å². The van der Waals surface area contributed by atoms with E-state index in [-0.39, 0.29) is 23.8 Å². The second kappa shape index (κ2) is 8.43. The Hall–Kier alpha value is -3.33. The van der Waals surface area contributed by atoms with E-state index in [1.807, 2.05) is 0 Å². The summed E-state index contributed by atoms with van der Waals surface area (Å²) in [5.74, 6) is -0.810. The molecule has 31 heavy (non-hydrogen) atoms. The first-order chi connectivity index (χ1) is 14.8. The van der Waals surface area contributed by atoms with Crippen molar-refractivity contribution in [3.05, 3.63) is 65.4 Å². The van der Waals surface area contributed by atoms with Gasteiger partial charge in [-0.2, -0.15) is 13.2 Å². The summed E-state index contributed by atoms with van der Waals surface area (Å²) in [4.78, 5) is 27.2. The predicted molar refractivity (Wildman–Crippen MR) is 107 cm³/mol. The SMILES string of the molecule is O=C(Cc1ccc(C(F)(F)F)cc1)Nc1c(C(=O)N2CCOCC2)oc2ccccc12. The maximum Gasteiger partial charge on any atom is 0.416 e. The van der Waals surface area contributed by atoms with Gasteiger partial charge in [0.15, 0.2) is 0 Å². The van der Waals surface area contributed by atoms with E-state index in [0.29, 0.717) is 42.8 Å². The van der Waals surface area contributed by atoms with Gasteiger partial charge >= 0.3 is 6.18 Å². The number of alkyl halides is 3. The Labute approximate surface area is 175 Å². The highest BCUT2D eigenvalue weighted by Crippen LogP contribution is 2.32. The molecule has 3 aromatic rings. The predicted octanol–water partition coefficient (Wildman–Crippen LogP) is 4.11. The summed E-state index contributed by atoms with van der Waals surface area (Å²) in [6.45, 7) is 1.66. The number of morpholine rings is 1. The largest absolute Gasteiger partial charge is 0.449 e. The number of hydrogen-bond donors (Lipinski definition) is 1. The number of amides is 2. The first kappa shape index (κ1) is 20.9. The lowest BCUT2D eigenvalue weighted by Crippen LogP contribution is -2.40. The maximum atomic E-state index is 13.0. The normalized spacial score (nSPS) is 14.6. The highest BCUT2D eigenvalue weighted by Gasteiger charge is 2.30. The molecule has 1 aliphatic rings. The van der Waals surface area contributed by atoms with Crippen LogP contribution in [-0.2, 0) is 22.1 Å². The minimum atomic E-state index is -4.44. The van der Waals surface area contributed by atoms with Gasteiger partial charge in [-0.15, -0.1) is 0 Å². The molecule has 6 nitrogen and oxygen atoms in total. The van der Waals surface area contributed by atoms with Gasteiger partial charge in [0.05, 0.1) is 25.2 Å². The number of rotatable bonds is 4. The van der Waals surface area contributed by atoms with Crippen LogP contribution in [0.3, 0.4) is 0 Å². The molecule has 0 aliphatic carbocycles. The van der Waals surface area contributed by atoms with Crippen LogP contribution in [0.2, 0.25) is 0 Å². The van der Waals surface area contributed by atoms with Crippen LogP contribution in [0, 0.1) is 0 Å². The second-order valence-electron chi connectivity index (χ2n) is 7.13. The quantitative estimate of drug-likeness (QED) is 0.674. The molecule has 0 saturated carbocycles. The van der Waals surface area contributed by atoms with Crippen molar-refractivity contribution in [2.75, 3.05) is 31.6 Å². The summed E-state index contributed by atoms with van der Waals surface area (Å²) in [6, 6.07) is 11.3. The van der Waals surface area contributed by atoms with Crippen LogP contribution in [0.15, 0.2) is 52.9 Å². The molecule has 2 heterocycles. The van der Waals surface area contributed by atoms with Gasteiger partial charge in [-0.05, 0) is 29.8 Å². The third-order valence-electron chi connectivity index (χ3n) is 5.00. The number of ether oxygens (including phenoxy) is 1. The van der Waals surface area contributed by atoms with E-state index in [0.717, 1.165) is 12.1 Å². The van der Waals surface area contributed by atoms with Gasteiger partial charge < -0.3 is 19.4 Å². The number of nitrogens with one attached hydrogen (secondary N) is 1. The van der Waals surface area contributed by atoms with Crippen molar-refractivity contribution in [2.45, 2.75) is 12.6 Å². The molecular formula is C22H19F3N2O4. The van der Waals surface area contributed by atoms with Crippen molar-refractivity contribution in [3.8, 4) is 0 Å². The van der Waals surface area contributed by atoms with Crippen molar-refractivity contribution in [1.82, 2.24) is 4.90 Å². The number of para-hydroxylation sites is 1. The fourth-order valence-corrected chi connectivity index (χ4v) is 3.41. The van der Waals surface area contributed by atoms with Gasteiger partial charge in [-0.1, -0.05) is 24.3 Å². The topological polar surface area (TPSA) is 71.8 Å². The summed E-state index contributed by atoms with van der Waals surface area (Å²) in [7, 11) is 0. The molecule has 0 bridgehead atoms. The number of halogens is 3. The first-order valence-corrected chi connectivity index (χ1v) is 9.67. The average Bonchev–Trinajstić information content (AvgIpc) is 3.12. The summed E-state index contributed by atoms with van der Waals surface area (Å²) < 4.78 is 49.2. The Morgan fingerprint density at radius 1 is 1.00 bits per heavy atom. The van der Waals surface area contributed by atoms with Crippen LogP contribution in [0.5, 0.6) is 0 Å². The molecular weight excluding hydrogens is 413 g/mol. The van der Waals surface area contributed by atoms with E-state index < -0.39 is 17.6 Å². The van der Waals surface area contributed by atoms with Crippen LogP contribution in [0.1, 0.15) is 21.7 Å². The molecule has 2 amide bonds. The Morgan fingerprint density at radius 2 is 1.68 bits per heavy atom. The van der Waals surface area contributed by atoms with Crippen molar-refractivity contribution < 1.29 is 31.9 Å². The van der Waals surface area contributed by atoms with E-state index in [2.05, 4.69) is 5.32 Å². The zero-order chi connectivity index (χ0) is 22.0. The molecule has 0 unspecified atom stereocenters. The fourth-order valence-electron chi connectivity index (χ4n) is 3.41. The zero-order valence-corrected chi connectivity index (χ0v) is 16.4. The van der Waals surface area contributed by atoms with Crippen molar-refractivity contribution >= 4 is 28.5 Å². The maximum absolute atomic E-state index is 13.0. The molecule has 1 saturated heterocycles. The van der Waals surface area contributed by atoms with Gasteiger partial charge in [0.1, 0.15) is 11.3 Å². The molecule has 9 heteroatoms. The Bertz CT molecular complexity index is 1100. The van der Waals surface area contributed by atoms with Crippen molar-refractivity contribution in [2.24, 2.45) is 0 Å². The monoisotopic (exact) mass is 432 g/mol. The van der Waals surface area contributed by atoms with E-state index >= 15 is 0 Å². The summed E-state index contributed by atoms with van der Waals surface area (Å²) in [5, 5.41) is 3.28.